The monoisotopic (exact) mass is 418 g/mol. The SMILES string of the molecule is CC(C)(C)[Si](C)(C)OC[C@H]1CCN(Cc2cc(Br)cnc2Cl)C1. The number of aromatic nitrogens is 1. The average molecular weight is 420 g/mol. The predicted molar refractivity (Wildman–Crippen MR) is 103 cm³/mol. The van der Waals surface area contributed by atoms with E-state index in [2.05, 4.69) is 65.7 Å². The Morgan fingerprint density at radius 1 is 1.43 bits per heavy atom. The van der Waals surface area contributed by atoms with Crippen LogP contribution in [0.3, 0.4) is 0 Å². The highest BCUT2D eigenvalue weighted by Crippen LogP contribution is 2.37. The molecule has 2 heterocycles. The number of nitrogens with zero attached hydrogens (tertiary/aromatic N) is 2. The molecule has 23 heavy (non-hydrogen) atoms. The van der Waals surface area contributed by atoms with Gasteiger partial charge in [-0.2, -0.15) is 0 Å². The van der Waals surface area contributed by atoms with Gasteiger partial charge in [-0.1, -0.05) is 32.4 Å². The second-order valence-corrected chi connectivity index (χ2v) is 14.1. The molecule has 1 aromatic heterocycles. The summed E-state index contributed by atoms with van der Waals surface area (Å²) in [6.45, 7) is 15.5. The zero-order valence-electron chi connectivity index (χ0n) is 14.8. The summed E-state index contributed by atoms with van der Waals surface area (Å²) in [6, 6.07) is 2.06. The summed E-state index contributed by atoms with van der Waals surface area (Å²) in [4.78, 5) is 6.66. The summed E-state index contributed by atoms with van der Waals surface area (Å²) in [5.41, 5.74) is 1.09. The fraction of sp³-hybridized carbons (Fsp3) is 0.706. The molecule has 0 N–H and O–H groups in total. The summed E-state index contributed by atoms with van der Waals surface area (Å²) in [5, 5.41) is 0.884. The first-order valence-corrected chi connectivity index (χ1v) is 12.3. The molecule has 0 aliphatic carbocycles. The van der Waals surface area contributed by atoms with E-state index in [1.807, 2.05) is 0 Å². The van der Waals surface area contributed by atoms with E-state index >= 15 is 0 Å². The van der Waals surface area contributed by atoms with Gasteiger partial charge in [0.15, 0.2) is 8.32 Å². The number of rotatable bonds is 5. The lowest BCUT2D eigenvalue weighted by atomic mass is 10.1. The Kier molecular flexibility index (Phi) is 6.34. The van der Waals surface area contributed by atoms with Crippen molar-refractivity contribution in [1.82, 2.24) is 9.88 Å². The minimum Gasteiger partial charge on any atom is -0.416 e. The summed E-state index contributed by atoms with van der Waals surface area (Å²) in [7, 11) is -1.64. The molecule has 0 unspecified atom stereocenters. The lowest BCUT2D eigenvalue weighted by molar-refractivity contribution is 0.221. The summed E-state index contributed by atoms with van der Waals surface area (Å²) < 4.78 is 7.37. The van der Waals surface area contributed by atoms with Crippen molar-refractivity contribution in [2.45, 2.75) is 51.9 Å². The quantitative estimate of drug-likeness (QED) is 0.475. The Morgan fingerprint density at radius 3 is 2.78 bits per heavy atom. The van der Waals surface area contributed by atoms with Crippen LogP contribution < -0.4 is 0 Å². The Balaban J connectivity index is 1.86. The van der Waals surface area contributed by atoms with Crippen LogP contribution in [0.25, 0.3) is 0 Å². The zero-order chi connectivity index (χ0) is 17.3. The van der Waals surface area contributed by atoms with Gasteiger partial charge in [-0.3, -0.25) is 4.90 Å². The number of hydrogen-bond donors (Lipinski definition) is 0. The first kappa shape index (κ1) is 19.4. The van der Waals surface area contributed by atoms with Crippen LogP contribution in [0.15, 0.2) is 16.7 Å². The van der Waals surface area contributed by atoms with Gasteiger partial charge >= 0.3 is 0 Å². The first-order valence-electron chi connectivity index (χ1n) is 8.25. The highest BCUT2D eigenvalue weighted by atomic mass is 79.9. The molecule has 1 saturated heterocycles. The van der Waals surface area contributed by atoms with Crippen molar-refractivity contribution in [3.8, 4) is 0 Å². The van der Waals surface area contributed by atoms with Crippen LogP contribution >= 0.6 is 27.5 Å². The van der Waals surface area contributed by atoms with Gasteiger partial charge in [0, 0.05) is 35.9 Å². The molecule has 1 aliphatic rings. The summed E-state index contributed by atoms with van der Waals surface area (Å²) in [6.07, 6.45) is 2.94. The largest absolute Gasteiger partial charge is 0.416 e. The lowest BCUT2D eigenvalue weighted by Crippen LogP contribution is -2.42. The van der Waals surface area contributed by atoms with Crippen molar-refractivity contribution in [2.24, 2.45) is 5.92 Å². The van der Waals surface area contributed by atoms with Crippen molar-refractivity contribution in [3.05, 3.63) is 27.5 Å². The Bertz CT molecular complexity index is 548. The molecule has 1 fully saturated rings. The molecule has 0 amide bonds. The minimum absolute atomic E-state index is 0.279. The third-order valence-electron chi connectivity index (χ3n) is 5.13. The number of halogens is 2. The summed E-state index contributed by atoms with van der Waals surface area (Å²) in [5.74, 6) is 0.628. The van der Waals surface area contributed by atoms with Gasteiger partial charge in [0.05, 0.1) is 0 Å². The molecule has 0 saturated carbocycles. The van der Waals surface area contributed by atoms with E-state index in [-0.39, 0.29) is 5.04 Å². The second-order valence-electron chi connectivity index (χ2n) is 8.06. The van der Waals surface area contributed by atoms with Gasteiger partial charge in [-0.25, -0.2) is 4.98 Å². The molecule has 0 aromatic carbocycles. The van der Waals surface area contributed by atoms with Crippen molar-refractivity contribution in [3.63, 3.8) is 0 Å². The molecule has 3 nitrogen and oxygen atoms in total. The molecule has 0 spiro atoms. The topological polar surface area (TPSA) is 25.4 Å². The summed E-state index contributed by atoms with van der Waals surface area (Å²) >= 11 is 9.67. The van der Waals surface area contributed by atoms with Gasteiger partial charge in [0.2, 0.25) is 0 Å². The second kappa shape index (κ2) is 7.52. The van der Waals surface area contributed by atoms with Gasteiger partial charge in [-0.15, -0.1) is 0 Å². The molecular weight excluding hydrogens is 392 g/mol. The van der Waals surface area contributed by atoms with Crippen molar-refractivity contribution in [2.75, 3.05) is 19.7 Å². The molecule has 1 atom stereocenters. The molecule has 0 bridgehead atoms. The molecule has 6 heteroatoms. The maximum Gasteiger partial charge on any atom is 0.191 e. The van der Waals surface area contributed by atoms with Crippen molar-refractivity contribution in [1.29, 1.82) is 0 Å². The molecule has 1 aliphatic heterocycles. The van der Waals surface area contributed by atoms with E-state index < -0.39 is 8.32 Å². The Labute approximate surface area is 155 Å². The number of pyridine rings is 1. The van der Waals surface area contributed by atoms with Gasteiger partial charge in [0.25, 0.3) is 0 Å². The van der Waals surface area contributed by atoms with E-state index in [1.165, 1.54) is 6.42 Å². The fourth-order valence-corrected chi connectivity index (χ4v) is 4.18. The molecular formula is C17H28BrClN2OSi. The van der Waals surface area contributed by atoms with Gasteiger partial charge < -0.3 is 4.43 Å². The van der Waals surface area contributed by atoms with Crippen molar-refractivity contribution < 1.29 is 4.43 Å². The minimum atomic E-state index is -1.64. The van der Waals surface area contributed by atoms with Crippen LogP contribution in [0.4, 0.5) is 0 Å². The molecule has 0 radical (unpaired) electrons. The van der Waals surface area contributed by atoms with Gasteiger partial charge in [-0.05, 0) is 59.0 Å². The van der Waals surface area contributed by atoms with E-state index in [0.717, 1.165) is 36.3 Å². The maximum atomic E-state index is 6.39. The van der Waals surface area contributed by atoms with Crippen molar-refractivity contribution >= 4 is 35.8 Å². The fourth-order valence-electron chi connectivity index (χ4n) is 2.55. The van der Waals surface area contributed by atoms with Crippen LogP contribution in [0.5, 0.6) is 0 Å². The standard InChI is InChI=1S/C17H28BrClN2OSi/c1-17(2,3)23(4,5)22-12-13-6-7-21(10-13)11-14-8-15(18)9-20-16(14)19/h8-9,13H,6-7,10-12H2,1-5H3/t13-/m0/s1. The van der Waals surface area contributed by atoms with Crippen LogP contribution in [0.1, 0.15) is 32.8 Å². The molecule has 1 aromatic rings. The van der Waals surface area contributed by atoms with E-state index in [1.54, 1.807) is 6.20 Å². The smallest absolute Gasteiger partial charge is 0.191 e. The Hall–Kier alpha value is 0.0569. The van der Waals surface area contributed by atoms with E-state index in [9.17, 15) is 0 Å². The molecule has 2 rings (SSSR count). The highest BCUT2D eigenvalue weighted by Gasteiger charge is 2.38. The first-order chi connectivity index (χ1) is 10.6. The third kappa shape index (κ3) is 5.26. The maximum absolute atomic E-state index is 6.39. The van der Waals surface area contributed by atoms with E-state index in [4.69, 9.17) is 16.0 Å². The normalized spacial score (nSPS) is 20.2. The number of likely N-dealkylation sites (tertiary alicyclic amines) is 1. The van der Waals surface area contributed by atoms with Gasteiger partial charge in [0.1, 0.15) is 5.15 Å². The van der Waals surface area contributed by atoms with E-state index in [0.29, 0.717) is 11.1 Å². The predicted octanol–water partition coefficient (Wildman–Crippen LogP) is 5.34. The highest BCUT2D eigenvalue weighted by molar-refractivity contribution is 9.10. The third-order valence-corrected chi connectivity index (χ3v) is 10.4. The molecule has 130 valence electrons. The zero-order valence-corrected chi connectivity index (χ0v) is 18.2. The lowest BCUT2D eigenvalue weighted by Gasteiger charge is -2.37. The average Bonchev–Trinajstić information content (AvgIpc) is 2.87. The van der Waals surface area contributed by atoms with Crippen LogP contribution in [0.2, 0.25) is 23.3 Å². The van der Waals surface area contributed by atoms with Crippen LogP contribution in [0, 0.1) is 5.92 Å². The Morgan fingerprint density at radius 2 is 2.13 bits per heavy atom. The van der Waals surface area contributed by atoms with Crippen LogP contribution in [-0.4, -0.2) is 37.9 Å². The number of hydrogen-bond acceptors (Lipinski definition) is 3. The van der Waals surface area contributed by atoms with Crippen LogP contribution in [-0.2, 0) is 11.0 Å².